The highest BCUT2D eigenvalue weighted by Gasteiger charge is 2.36. The minimum Gasteiger partial charge on any atom is -0.370 e. The van der Waals surface area contributed by atoms with Gasteiger partial charge in [0.2, 0.25) is 5.91 Å². The van der Waals surface area contributed by atoms with Crippen LogP contribution in [0.4, 0.5) is 10.2 Å². The number of rotatable bonds is 4. The molecule has 2 N–H and O–H groups in total. The van der Waals surface area contributed by atoms with Crippen molar-refractivity contribution in [2.24, 2.45) is 5.10 Å². The summed E-state index contributed by atoms with van der Waals surface area (Å²) in [6.07, 6.45) is 3.31. The van der Waals surface area contributed by atoms with Crippen molar-refractivity contribution in [1.29, 1.82) is 5.26 Å². The monoisotopic (exact) mass is 464 g/mol. The Balaban J connectivity index is 1.20. The Hall–Kier alpha value is -3.59. The number of hydrazine groups is 2. The Kier molecular flexibility index (Phi) is 6.10. The van der Waals surface area contributed by atoms with E-state index in [0.717, 1.165) is 17.7 Å². The van der Waals surface area contributed by atoms with Gasteiger partial charge in [-0.05, 0) is 41.8 Å². The molecule has 0 radical (unpaired) electrons. The molecule has 1 amide bonds. The van der Waals surface area contributed by atoms with Crippen molar-refractivity contribution >= 4 is 18.1 Å². The fourth-order valence-corrected chi connectivity index (χ4v) is 4.68. The van der Waals surface area contributed by atoms with Gasteiger partial charge < -0.3 is 9.64 Å². The largest absolute Gasteiger partial charge is 0.370 e. The molecule has 2 aromatic rings. The lowest BCUT2D eigenvalue weighted by Crippen LogP contribution is -2.59. The number of hydrogen-bond acceptors (Lipinski definition) is 9. The highest BCUT2D eigenvalue weighted by atomic mass is 19.1. The minimum absolute atomic E-state index is 0.0631. The lowest BCUT2D eigenvalue weighted by atomic mass is 9.96. The average Bonchev–Trinajstić information content (AvgIpc) is 3.39. The van der Waals surface area contributed by atoms with E-state index in [1.54, 1.807) is 30.5 Å². The van der Waals surface area contributed by atoms with E-state index in [2.05, 4.69) is 26.1 Å². The molecular weight excluding hydrogens is 439 g/mol. The summed E-state index contributed by atoms with van der Waals surface area (Å²) in [5.41, 5.74) is 7.86. The van der Waals surface area contributed by atoms with Gasteiger partial charge in [-0.3, -0.25) is 9.69 Å². The van der Waals surface area contributed by atoms with Crippen molar-refractivity contribution in [2.45, 2.75) is 25.5 Å². The predicted octanol–water partition coefficient (Wildman–Crippen LogP) is 1.00. The highest BCUT2D eigenvalue weighted by molar-refractivity contribution is 5.80. The Labute approximate surface area is 196 Å². The molecule has 0 spiro atoms. The molecule has 176 valence electrons. The Morgan fingerprint density at radius 1 is 1.32 bits per heavy atom. The van der Waals surface area contributed by atoms with Crippen LogP contribution in [0.15, 0.2) is 35.6 Å². The summed E-state index contributed by atoms with van der Waals surface area (Å²) in [7, 11) is 0. The molecule has 1 aromatic heterocycles. The Morgan fingerprint density at radius 2 is 2.21 bits per heavy atom. The molecule has 11 heteroatoms. The van der Waals surface area contributed by atoms with E-state index in [0.29, 0.717) is 37.6 Å². The second kappa shape index (κ2) is 9.34. The number of pyridine rings is 1. The maximum absolute atomic E-state index is 13.9. The van der Waals surface area contributed by atoms with Crippen molar-refractivity contribution in [3.05, 3.63) is 58.5 Å². The molecule has 4 heterocycles. The Bertz CT molecular complexity index is 1170. The number of nitriles is 1. The van der Waals surface area contributed by atoms with Gasteiger partial charge in [-0.25, -0.2) is 19.9 Å². The summed E-state index contributed by atoms with van der Waals surface area (Å²) in [6, 6.07) is 8.79. The number of anilines is 1. The average molecular weight is 465 g/mol. The van der Waals surface area contributed by atoms with Crippen LogP contribution in [0, 0.1) is 24.1 Å². The van der Waals surface area contributed by atoms with Gasteiger partial charge in [-0.1, -0.05) is 6.07 Å². The molecule has 0 bridgehead atoms. The number of hydrazone groups is 1. The zero-order chi connectivity index (χ0) is 23.7. The first-order valence-electron chi connectivity index (χ1n) is 11.1. The van der Waals surface area contributed by atoms with Crippen molar-refractivity contribution in [2.75, 3.05) is 37.8 Å². The minimum atomic E-state index is -0.507. The van der Waals surface area contributed by atoms with E-state index in [1.165, 1.54) is 6.07 Å². The van der Waals surface area contributed by atoms with Crippen molar-refractivity contribution in [1.82, 2.24) is 25.9 Å². The van der Waals surface area contributed by atoms with E-state index < -0.39 is 5.82 Å². The number of carbonyl (C=O) groups is 1. The SMILES string of the molecule is Cc1c([C@@H]2CN3CCN(C(=O)Cc4ccnc(N5C=NNN5)c4)C[C@H]3CO2)ccc(F)c1C#N. The molecule has 3 aliphatic heterocycles. The number of morpholine rings is 1. The number of nitrogens with zero attached hydrogens (tertiary/aromatic N) is 6. The summed E-state index contributed by atoms with van der Waals surface area (Å²) < 4.78 is 20.0. The number of nitrogens with one attached hydrogen (secondary N) is 2. The molecule has 5 rings (SSSR count). The van der Waals surface area contributed by atoms with Crippen molar-refractivity contribution in [3.63, 3.8) is 0 Å². The Morgan fingerprint density at radius 3 is 3.00 bits per heavy atom. The number of piperazine rings is 1. The quantitative estimate of drug-likeness (QED) is 0.690. The fourth-order valence-electron chi connectivity index (χ4n) is 4.68. The molecule has 2 fully saturated rings. The number of aromatic nitrogens is 1. The lowest BCUT2D eigenvalue weighted by Gasteiger charge is -2.46. The van der Waals surface area contributed by atoms with Gasteiger partial charge in [0, 0.05) is 32.4 Å². The van der Waals surface area contributed by atoms with Crippen molar-refractivity contribution in [3.8, 4) is 6.07 Å². The van der Waals surface area contributed by atoms with Crippen LogP contribution >= 0.6 is 0 Å². The van der Waals surface area contributed by atoms with E-state index in [4.69, 9.17) is 4.74 Å². The fraction of sp³-hybridized carbons (Fsp3) is 0.391. The van der Waals surface area contributed by atoms with Crippen LogP contribution in [0.25, 0.3) is 0 Å². The zero-order valence-electron chi connectivity index (χ0n) is 18.7. The van der Waals surface area contributed by atoms with E-state index in [1.807, 2.05) is 23.1 Å². The number of ether oxygens (including phenoxy) is 1. The molecule has 0 unspecified atom stereocenters. The van der Waals surface area contributed by atoms with Gasteiger partial charge in [0.05, 0.1) is 30.7 Å². The van der Waals surface area contributed by atoms with Gasteiger partial charge in [0.15, 0.2) is 0 Å². The number of hydrogen-bond donors (Lipinski definition) is 2. The maximum Gasteiger partial charge on any atom is 0.227 e. The van der Waals surface area contributed by atoms with Crippen LogP contribution in [0.5, 0.6) is 0 Å². The lowest BCUT2D eigenvalue weighted by molar-refractivity contribution is -0.139. The van der Waals surface area contributed by atoms with Crippen molar-refractivity contribution < 1.29 is 13.9 Å². The standard InChI is InChI=1S/C23H25FN8O2/c1-15-18(2-3-20(24)19(15)10-25)21-12-30-6-7-31(11-17(30)13-34-21)23(33)9-16-4-5-26-22(8-16)32-14-27-28-29-32/h2-5,8,14,17,21,28-29H,6-7,9,11-13H2,1H3/t17-,21-/m0/s1. The van der Waals surface area contributed by atoms with Crippen LogP contribution in [0.3, 0.4) is 0 Å². The summed E-state index contributed by atoms with van der Waals surface area (Å²) in [6.45, 7) is 4.85. The number of fused-ring (bicyclic) bond motifs is 1. The molecule has 0 aliphatic carbocycles. The predicted molar refractivity (Wildman–Crippen MR) is 122 cm³/mol. The smallest absolute Gasteiger partial charge is 0.227 e. The molecule has 2 saturated heterocycles. The number of benzene rings is 1. The molecule has 1 aromatic carbocycles. The van der Waals surface area contributed by atoms with Gasteiger partial charge in [-0.2, -0.15) is 10.4 Å². The normalized spacial score (nSPS) is 22.3. The third kappa shape index (κ3) is 4.31. The second-order valence-corrected chi connectivity index (χ2v) is 8.60. The van der Waals surface area contributed by atoms with Crippen LogP contribution in [-0.4, -0.2) is 65.9 Å². The van der Waals surface area contributed by atoms with E-state index in [9.17, 15) is 14.4 Å². The van der Waals surface area contributed by atoms with Crippen LogP contribution < -0.4 is 16.1 Å². The molecule has 34 heavy (non-hydrogen) atoms. The summed E-state index contributed by atoms with van der Waals surface area (Å²) in [4.78, 5) is 21.5. The molecule has 10 nitrogen and oxygen atoms in total. The van der Waals surface area contributed by atoms with E-state index in [-0.39, 0.29) is 30.0 Å². The summed E-state index contributed by atoms with van der Waals surface area (Å²) in [5, 5.41) is 14.8. The maximum atomic E-state index is 13.9. The van der Waals surface area contributed by atoms with Gasteiger partial charge in [0.1, 0.15) is 24.0 Å². The first-order valence-corrected chi connectivity index (χ1v) is 11.1. The summed E-state index contributed by atoms with van der Waals surface area (Å²) >= 11 is 0. The molecule has 2 atom stereocenters. The molecule has 3 aliphatic rings. The number of carbonyl (C=O) groups excluding carboxylic acids is 1. The second-order valence-electron chi connectivity index (χ2n) is 8.60. The van der Waals surface area contributed by atoms with Crippen LogP contribution in [-0.2, 0) is 16.0 Å². The summed E-state index contributed by atoms with van der Waals surface area (Å²) in [5.74, 6) is 0.201. The topological polar surface area (TPSA) is 109 Å². The molecule has 0 saturated carbocycles. The first kappa shape index (κ1) is 22.2. The number of amides is 1. The zero-order valence-corrected chi connectivity index (χ0v) is 18.7. The highest BCUT2D eigenvalue weighted by Crippen LogP contribution is 2.31. The third-order valence-electron chi connectivity index (χ3n) is 6.58. The number of halogens is 1. The van der Waals surface area contributed by atoms with E-state index >= 15 is 0 Å². The van der Waals surface area contributed by atoms with Crippen LogP contribution in [0.2, 0.25) is 0 Å². The van der Waals surface area contributed by atoms with Gasteiger partial charge in [-0.15, -0.1) is 5.53 Å². The van der Waals surface area contributed by atoms with Gasteiger partial charge in [0.25, 0.3) is 0 Å². The third-order valence-corrected chi connectivity index (χ3v) is 6.58. The van der Waals surface area contributed by atoms with Gasteiger partial charge >= 0.3 is 0 Å². The van der Waals surface area contributed by atoms with Crippen LogP contribution in [0.1, 0.15) is 28.4 Å². The first-order chi connectivity index (χ1) is 16.5. The molecular formula is C23H25FN8O2.